The third-order valence-corrected chi connectivity index (χ3v) is 5.25. The van der Waals surface area contributed by atoms with Crippen molar-refractivity contribution in [3.05, 3.63) is 29.6 Å². The molecule has 0 aliphatic carbocycles. The predicted molar refractivity (Wildman–Crippen MR) is 117 cm³/mol. The molecule has 0 saturated carbocycles. The molecule has 1 aromatic rings. The van der Waals surface area contributed by atoms with Crippen LogP contribution in [0.1, 0.15) is 52.9 Å². The van der Waals surface area contributed by atoms with E-state index in [-0.39, 0.29) is 22.4 Å². The predicted octanol–water partition coefficient (Wildman–Crippen LogP) is 2.52. The number of hydrogen-bond acceptors (Lipinski definition) is 6. The topological polar surface area (TPSA) is 65.5 Å². The Bertz CT molecular complexity index is 648. The van der Waals surface area contributed by atoms with Crippen LogP contribution in [0.2, 0.25) is 0 Å². The van der Waals surface area contributed by atoms with Crippen LogP contribution in [-0.2, 0) is 22.7 Å². The summed E-state index contributed by atoms with van der Waals surface area (Å²) in [6.07, 6.45) is 0. The SMILES string of the molecule is CC(C)(C)C(=O)CN1CCNCCN(CC(=O)C(C)(C)C)Cc2cccc(n2)C1. The third kappa shape index (κ3) is 7.96. The highest BCUT2D eigenvalue weighted by atomic mass is 16.1. The Morgan fingerprint density at radius 2 is 1.28 bits per heavy atom. The van der Waals surface area contributed by atoms with Gasteiger partial charge in [0.15, 0.2) is 11.6 Å². The molecule has 6 nitrogen and oxygen atoms in total. The lowest BCUT2D eigenvalue weighted by Crippen LogP contribution is -2.42. The van der Waals surface area contributed by atoms with Crippen molar-refractivity contribution in [2.45, 2.75) is 54.6 Å². The highest BCUT2D eigenvalue weighted by molar-refractivity contribution is 5.85. The van der Waals surface area contributed by atoms with E-state index < -0.39 is 0 Å². The third-order valence-electron chi connectivity index (χ3n) is 5.25. The van der Waals surface area contributed by atoms with Gasteiger partial charge in [0.2, 0.25) is 0 Å². The summed E-state index contributed by atoms with van der Waals surface area (Å²) >= 11 is 0. The number of aromatic nitrogens is 1. The van der Waals surface area contributed by atoms with Gasteiger partial charge < -0.3 is 5.32 Å². The van der Waals surface area contributed by atoms with E-state index in [1.165, 1.54) is 0 Å². The molecule has 162 valence electrons. The molecule has 0 amide bonds. The molecule has 0 unspecified atom stereocenters. The second-order valence-corrected chi connectivity index (χ2v) is 10.1. The van der Waals surface area contributed by atoms with E-state index in [1.54, 1.807) is 0 Å². The highest BCUT2D eigenvalue weighted by Crippen LogP contribution is 2.17. The van der Waals surface area contributed by atoms with E-state index in [1.807, 2.05) is 59.7 Å². The van der Waals surface area contributed by atoms with Gasteiger partial charge in [0.25, 0.3) is 0 Å². The van der Waals surface area contributed by atoms with Crippen molar-refractivity contribution in [2.75, 3.05) is 39.3 Å². The van der Waals surface area contributed by atoms with Gasteiger partial charge in [0, 0.05) is 50.1 Å². The lowest BCUT2D eigenvalue weighted by atomic mass is 9.90. The van der Waals surface area contributed by atoms with Crippen LogP contribution in [-0.4, -0.2) is 65.6 Å². The van der Waals surface area contributed by atoms with Crippen LogP contribution in [0.25, 0.3) is 0 Å². The minimum Gasteiger partial charge on any atom is -0.314 e. The summed E-state index contributed by atoms with van der Waals surface area (Å²) in [5.41, 5.74) is 1.25. The Morgan fingerprint density at radius 3 is 1.66 bits per heavy atom. The first-order valence-corrected chi connectivity index (χ1v) is 10.6. The van der Waals surface area contributed by atoms with E-state index in [2.05, 4.69) is 15.1 Å². The molecular weight excluding hydrogens is 364 g/mol. The van der Waals surface area contributed by atoms with Gasteiger partial charge in [-0.05, 0) is 12.1 Å². The van der Waals surface area contributed by atoms with Crippen molar-refractivity contribution in [2.24, 2.45) is 10.8 Å². The number of ketones is 2. The van der Waals surface area contributed by atoms with E-state index in [0.717, 1.165) is 37.6 Å². The number of nitrogens with one attached hydrogen (secondary N) is 1. The molecule has 0 saturated heterocycles. The summed E-state index contributed by atoms with van der Waals surface area (Å²) in [5, 5.41) is 3.47. The molecule has 0 atom stereocenters. The molecule has 1 aliphatic heterocycles. The number of hydrogen-bond donors (Lipinski definition) is 1. The molecule has 2 heterocycles. The Kier molecular flexibility index (Phi) is 8.09. The van der Waals surface area contributed by atoms with Crippen LogP contribution in [0.3, 0.4) is 0 Å². The standard InChI is InChI=1S/C23H38N4O2/c1-22(2,3)20(28)16-26-12-10-24-11-13-27(17-21(29)23(4,5)6)15-19-9-7-8-18(14-26)25-19/h7-9,24H,10-17H2,1-6H3. The van der Waals surface area contributed by atoms with Gasteiger partial charge in [-0.3, -0.25) is 24.4 Å². The maximum Gasteiger partial charge on any atom is 0.152 e. The van der Waals surface area contributed by atoms with E-state index >= 15 is 0 Å². The maximum absolute atomic E-state index is 12.5. The lowest BCUT2D eigenvalue weighted by Gasteiger charge is -2.28. The van der Waals surface area contributed by atoms with Crippen LogP contribution in [0.15, 0.2) is 18.2 Å². The average molecular weight is 403 g/mol. The molecule has 1 aliphatic rings. The number of carbonyl (C=O) groups excluding carboxylic acids is 2. The van der Waals surface area contributed by atoms with Gasteiger partial charge in [0.1, 0.15) is 0 Å². The maximum atomic E-state index is 12.5. The average Bonchev–Trinajstić information content (AvgIpc) is 2.58. The highest BCUT2D eigenvalue weighted by Gasteiger charge is 2.25. The minimum atomic E-state index is -0.341. The normalized spacial score (nSPS) is 18.0. The monoisotopic (exact) mass is 402 g/mol. The second-order valence-electron chi connectivity index (χ2n) is 10.1. The first-order chi connectivity index (χ1) is 13.4. The summed E-state index contributed by atoms with van der Waals surface area (Å²) in [5.74, 6) is 0.486. The van der Waals surface area contributed by atoms with Crippen LogP contribution in [0.5, 0.6) is 0 Å². The summed E-state index contributed by atoms with van der Waals surface area (Å²) < 4.78 is 0. The number of Topliss-reactive ketones (excluding diaryl/α,β-unsaturated/α-hetero) is 2. The Balaban J connectivity index is 2.15. The number of carbonyl (C=O) groups is 2. The summed E-state index contributed by atoms with van der Waals surface area (Å²) in [6, 6.07) is 6.05. The smallest absolute Gasteiger partial charge is 0.152 e. The Hall–Kier alpha value is -1.63. The Labute approximate surface area is 176 Å². The first-order valence-electron chi connectivity index (χ1n) is 10.6. The fourth-order valence-electron chi connectivity index (χ4n) is 3.07. The molecular formula is C23H38N4O2. The van der Waals surface area contributed by atoms with E-state index in [4.69, 9.17) is 4.98 Å². The zero-order valence-corrected chi connectivity index (χ0v) is 19.0. The molecule has 2 rings (SSSR count). The van der Waals surface area contributed by atoms with Gasteiger partial charge in [-0.15, -0.1) is 0 Å². The zero-order chi connectivity index (χ0) is 21.7. The van der Waals surface area contributed by atoms with Crippen LogP contribution in [0, 0.1) is 10.8 Å². The van der Waals surface area contributed by atoms with Gasteiger partial charge in [-0.1, -0.05) is 47.6 Å². The van der Waals surface area contributed by atoms with E-state index in [9.17, 15) is 9.59 Å². The molecule has 0 fully saturated rings. The molecule has 2 bridgehead atoms. The summed E-state index contributed by atoms with van der Waals surface area (Å²) in [6.45, 7) is 17.2. The first kappa shape index (κ1) is 23.6. The van der Waals surface area contributed by atoms with Gasteiger partial charge in [-0.2, -0.15) is 0 Å². The fraction of sp³-hybridized carbons (Fsp3) is 0.696. The number of pyridine rings is 1. The zero-order valence-electron chi connectivity index (χ0n) is 19.0. The number of rotatable bonds is 4. The van der Waals surface area contributed by atoms with Crippen LogP contribution < -0.4 is 5.32 Å². The fourth-order valence-corrected chi connectivity index (χ4v) is 3.07. The summed E-state index contributed by atoms with van der Waals surface area (Å²) in [4.78, 5) is 34.2. The molecule has 29 heavy (non-hydrogen) atoms. The van der Waals surface area contributed by atoms with Crippen molar-refractivity contribution >= 4 is 11.6 Å². The number of fused-ring (bicyclic) bond motifs is 2. The lowest BCUT2D eigenvalue weighted by molar-refractivity contribution is -0.128. The Morgan fingerprint density at radius 1 is 0.862 bits per heavy atom. The van der Waals surface area contributed by atoms with Crippen LogP contribution >= 0.6 is 0 Å². The van der Waals surface area contributed by atoms with Crippen molar-refractivity contribution in [3.63, 3.8) is 0 Å². The second kappa shape index (κ2) is 9.92. The minimum absolute atomic E-state index is 0.243. The summed E-state index contributed by atoms with van der Waals surface area (Å²) in [7, 11) is 0. The molecule has 0 aromatic carbocycles. The molecule has 1 N–H and O–H groups in total. The van der Waals surface area contributed by atoms with E-state index in [0.29, 0.717) is 26.2 Å². The van der Waals surface area contributed by atoms with Crippen molar-refractivity contribution < 1.29 is 9.59 Å². The van der Waals surface area contributed by atoms with Crippen molar-refractivity contribution in [1.82, 2.24) is 20.1 Å². The van der Waals surface area contributed by atoms with Gasteiger partial charge >= 0.3 is 0 Å². The quantitative estimate of drug-likeness (QED) is 0.835. The van der Waals surface area contributed by atoms with Crippen LogP contribution in [0.4, 0.5) is 0 Å². The molecule has 0 spiro atoms. The molecule has 0 radical (unpaired) electrons. The van der Waals surface area contributed by atoms with Crippen molar-refractivity contribution in [3.8, 4) is 0 Å². The largest absolute Gasteiger partial charge is 0.314 e. The molecule has 1 aromatic heterocycles. The van der Waals surface area contributed by atoms with Gasteiger partial charge in [0.05, 0.1) is 24.5 Å². The molecule has 6 heteroatoms. The van der Waals surface area contributed by atoms with Crippen molar-refractivity contribution in [1.29, 1.82) is 0 Å². The van der Waals surface area contributed by atoms with Gasteiger partial charge in [-0.25, -0.2) is 0 Å². The number of nitrogens with zero attached hydrogens (tertiary/aromatic N) is 3.